The van der Waals surface area contributed by atoms with E-state index in [0.717, 1.165) is 12.8 Å². The third kappa shape index (κ3) is 1.44. The molecule has 1 saturated carbocycles. The summed E-state index contributed by atoms with van der Waals surface area (Å²) in [5.41, 5.74) is -0.179. The van der Waals surface area contributed by atoms with Crippen LogP contribution in [-0.2, 0) is 9.53 Å². The van der Waals surface area contributed by atoms with Crippen molar-refractivity contribution in [2.24, 2.45) is 0 Å². The van der Waals surface area contributed by atoms with Crippen molar-refractivity contribution in [3.8, 4) is 0 Å². The smallest absolute Gasteiger partial charge is 0.418 e. The highest BCUT2D eigenvalue weighted by molar-refractivity contribution is 5.39. The Kier molecular flexibility index (Phi) is 1.74. The van der Waals surface area contributed by atoms with Crippen LogP contribution >= 0.6 is 0 Å². The molecule has 0 spiro atoms. The highest BCUT2D eigenvalue weighted by atomic mass is 16.5. The van der Waals surface area contributed by atoms with Crippen LogP contribution in [0.1, 0.15) is 32.6 Å². The standard InChI is InChI=1S/C7H11O2/c1-7(9-6-8)4-2-3-5-7/h2-5H2,1H3. The van der Waals surface area contributed by atoms with Gasteiger partial charge in [-0.15, -0.1) is 0 Å². The summed E-state index contributed by atoms with van der Waals surface area (Å²) in [4.78, 5) is 9.82. The number of carbonyl (C=O) groups excluding carboxylic acids is 1. The molecule has 0 aromatic heterocycles. The second kappa shape index (κ2) is 2.38. The topological polar surface area (TPSA) is 26.3 Å². The van der Waals surface area contributed by atoms with E-state index in [1.807, 2.05) is 6.92 Å². The van der Waals surface area contributed by atoms with Gasteiger partial charge in [-0.25, -0.2) is 4.79 Å². The molecule has 51 valence electrons. The van der Waals surface area contributed by atoms with Crippen LogP contribution in [0.4, 0.5) is 0 Å². The quantitative estimate of drug-likeness (QED) is 0.560. The van der Waals surface area contributed by atoms with Gasteiger partial charge in [0.25, 0.3) is 0 Å². The molecule has 0 saturated heterocycles. The summed E-state index contributed by atoms with van der Waals surface area (Å²) in [5, 5.41) is 0. The van der Waals surface area contributed by atoms with Crippen LogP contribution < -0.4 is 0 Å². The van der Waals surface area contributed by atoms with Crippen molar-refractivity contribution in [2.45, 2.75) is 38.2 Å². The van der Waals surface area contributed by atoms with Crippen molar-refractivity contribution >= 4 is 6.47 Å². The van der Waals surface area contributed by atoms with E-state index in [-0.39, 0.29) is 5.60 Å². The molecule has 0 unspecified atom stereocenters. The molecule has 1 aliphatic rings. The van der Waals surface area contributed by atoms with Gasteiger partial charge in [0.05, 0.1) is 0 Å². The van der Waals surface area contributed by atoms with Crippen LogP contribution in [0, 0.1) is 0 Å². The Hall–Kier alpha value is -0.530. The monoisotopic (exact) mass is 127 g/mol. The Morgan fingerprint density at radius 3 is 2.44 bits per heavy atom. The fraction of sp³-hybridized carbons (Fsp3) is 0.857. The summed E-state index contributed by atoms with van der Waals surface area (Å²) in [7, 11) is 0. The summed E-state index contributed by atoms with van der Waals surface area (Å²) in [5.74, 6) is 0. The van der Waals surface area contributed by atoms with Crippen molar-refractivity contribution < 1.29 is 9.53 Å². The predicted octanol–water partition coefficient (Wildman–Crippen LogP) is 1.40. The Morgan fingerprint density at radius 2 is 2.00 bits per heavy atom. The fourth-order valence-corrected chi connectivity index (χ4v) is 1.33. The lowest BCUT2D eigenvalue weighted by Crippen LogP contribution is -2.23. The van der Waals surface area contributed by atoms with Crippen LogP contribution in [0.3, 0.4) is 0 Å². The van der Waals surface area contributed by atoms with Gasteiger partial charge in [-0.1, -0.05) is 0 Å². The molecule has 0 heterocycles. The largest absolute Gasteiger partial charge is 0.451 e. The minimum atomic E-state index is -0.179. The van der Waals surface area contributed by atoms with E-state index in [4.69, 9.17) is 4.74 Å². The Morgan fingerprint density at radius 1 is 1.44 bits per heavy atom. The second-order valence-corrected chi connectivity index (χ2v) is 2.84. The lowest BCUT2D eigenvalue weighted by Gasteiger charge is -2.19. The zero-order valence-corrected chi connectivity index (χ0v) is 5.64. The lowest BCUT2D eigenvalue weighted by atomic mass is 10.1. The fourth-order valence-electron chi connectivity index (χ4n) is 1.33. The van der Waals surface area contributed by atoms with Crippen molar-refractivity contribution in [3.05, 3.63) is 0 Å². The molecule has 0 aromatic rings. The molecular weight excluding hydrogens is 116 g/mol. The molecule has 9 heavy (non-hydrogen) atoms. The average Bonchev–Trinajstić information content (AvgIpc) is 2.16. The Balaban J connectivity index is 2.40. The first-order valence-corrected chi connectivity index (χ1v) is 3.32. The van der Waals surface area contributed by atoms with Gasteiger partial charge in [0.15, 0.2) is 0 Å². The van der Waals surface area contributed by atoms with Crippen molar-refractivity contribution in [2.75, 3.05) is 0 Å². The highest BCUT2D eigenvalue weighted by Gasteiger charge is 2.30. The van der Waals surface area contributed by atoms with Crippen molar-refractivity contribution in [1.82, 2.24) is 0 Å². The van der Waals surface area contributed by atoms with E-state index in [2.05, 4.69) is 0 Å². The summed E-state index contributed by atoms with van der Waals surface area (Å²) in [6.07, 6.45) is 4.36. The summed E-state index contributed by atoms with van der Waals surface area (Å²) < 4.78 is 4.78. The molecule has 0 amide bonds. The molecule has 1 radical (unpaired) electrons. The summed E-state index contributed by atoms with van der Waals surface area (Å²) in [6.45, 7) is 3.46. The first-order valence-electron chi connectivity index (χ1n) is 3.32. The molecule has 2 nitrogen and oxygen atoms in total. The lowest BCUT2D eigenvalue weighted by molar-refractivity contribution is 0.0775. The Labute approximate surface area is 55.2 Å². The normalized spacial score (nSPS) is 23.7. The number of hydrogen-bond acceptors (Lipinski definition) is 2. The van der Waals surface area contributed by atoms with E-state index in [9.17, 15) is 4.79 Å². The van der Waals surface area contributed by atoms with E-state index >= 15 is 0 Å². The molecule has 0 atom stereocenters. The van der Waals surface area contributed by atoms with Crippen molar-refractivity contribution in [3.63, 3.8) is 0 Å². The molecule has 0 aromatic carbocycles. The molecular formula is C7H11O2. The van der Waals surface area contributed by atoms with E-state index in [1.54, 1.807) is 0 Å². The average molecular weight is 127 g/mol. The van der Waals surface area contributed by atoms with Gasteiger partial charge in [0, 0.05) is 0 Å². The van der Waals surface area contributed by atoms with E-state index in [0.29, 0.717) is 0 Å². The summed E-state index contributed by atoms with van der Waals surface area (Å²) >= 11 is 0. The number of ether oxygens (including phenoxy) is 1. The predicted molar refractivity (Wildman–Crippen MR) is 33.7 cm³/mol. The maximum Gasteiger partial charge on any atom is 0.418 e. The minimum absolute atomic E-state index is 0.179. The molecule has 1 fully saturated rings. The van der Waals surface area contributed by atoms with Gasteiger partial charge < -0.3 is 4.74 Å². The first-order chi connectivity index (χ1) is 4.27. The third-order valence-electron chi connectivity index (χ3n) is 1.95. The Bertz CT molecular complexity index is 103. The molecule has 0 aliphatic heterocycles. The van der Waals surface area contributed by atoms with E-state index in [1.165, 1.54) is 19.3 Å². The molecule has 1 rings (SSSR count). The van der Waals surface area contributed by atoms with Crippen molar-refractivity contribution in [1.29, 1.82) is 0 Å². The van der Waals surface area contributed by atoms with Gasteiger partial charge >= 0.3 is 6.47 Å². The minimum Gasteiger partial charge on any atom is -0.451 e. The van der Waals surface area contributed by atoms with Crippen LogP contribution in [0.2, 0.25) is 0 Å². The third-order valence-corrected chi connectivity index (χ3v) is 1.95. The maximum atomic E-state index is 9.82. The number of rotatable bonds is 2. The second-order valence-electron chi connectivity index (χ2n) is 2.84. The van der Waals surface area contributed by atoms with Crippen LogP contribution in [0.15, 0.2) is 0 Å². The van der Waals surface area contributed by atoms with Gasteiger partial charge in [0.1, 0.15) is 5.60 Å². The van der Waals surface area contributed by atoms with Crippen LogP contribution in [-0.4, -0.2) is 12.1 Å². The summed E-state index contributed by atoms with van der Waals surface area (Å²) in [6, 6.07) is 0. The molecule has 0 N–H and O–H groups in total. The van der Waals surface area contributed by atoms with Gasteiger partial charge in [0.2, 0.25) is 0 Å². The maximum absolute atomic E-state index is 9.82. The van der Waals surface area contributed by atoms with Gasteiger partial charge in [-0.3, -0.25) is 0 Å². The first kappa shape index (κ1) is 6.59. The van der Waals surface area contributed by atoms with Gasteiger partial charge in [-0.2, -0.15) is 0 Å². The van der Waals surface area contributed by atoms with Crippen LogP contribution in [0.25, 0.3) is 0 Å². The zero-order chi connectivity index (χ0) is 6.74. The molecule has 1 aliphatic carbocycles. The van der Waals surface area contributed by atoms with Gasteiger partial charge in [-0.05, 0) is 32.6 Å². The molecule has 0 bridgehead atoms. The zero-order valence-electron chi connectivity index (χ0n) is 5.64. The number of hydrogen-bond donors (Lipinski definition) is 0. The highest BCUT2D eigenvalue weighted by Crippen LogP contribution is 2.31. The van der Waals surface area contributed by atoms with Crippen LogP contribution in [0.5, 0.6) is 0 Å². The SMILES string of the molecule is CC1(O[C]=O)CCCC1. The molecule has 2 heteroatoms. The van der Waals surface area contributed by atoms with E-state index < -0.39 is 0 Å².